The topological polar surface area (TPSA) is 102 Å². The summed E-state index contributed by atoms with van der Waals surface area (Å²) in [6, 6.07) is 4.20. The fraction of sp³-hybridized carbons (Fsp3) is 0.600. The number of sulfonamides is 1. The molecule has 1 aromatic carbocycles. The Labute approximate surface area is 171 Å². The predicted octanol–water partition coefficient (Wildman–Crippen LogP) is 2.08. The molecule has 2 fully saturated rings. The van der Waals surface area contributed by atoms with Gasteiger partial charge in [0.25, 0.3) is 5.91 Å². The summed E-state index contributed by atoms with van der Waals surface area (Å²) >= 11 is 0. The SMILES string of the molecule is COc1ccc(C(=O)OCC(=O)N2[C@H](C)CCC[C@H]2C)cc1S(=O)(=O)NC1CC1. The summed E-state index contributed by atoms with van der Waals surface area (Å²) in [7, 11) is -2.45. The van der Waals surface area contributed by atoms with E-state index in [4.69, 9.17) is 9.47 Å². The van der Waals surface area contributed by atoms with Crippen LogP contribution in [-0.2, 0) is 19.6 Å². The Morgan fingerprint density at radius 1 is 1.14 bits per heavy atom. The zero-order valence-electron chi connectivity index (χ0n) is 17.0. The highest BCUT2D eigenvalue weighted by Gasteiger charge is 2.31. The molecular weight excluding hydrogens is 396 g/mol. The molecule has 9 heteroatoms. The maximum absolute atomic E-state index is 12.6. The van der Waals surface area contributed by atoms with E-state index >= 15 is 0 Å². The van der Waals surface area contributed by atoms with Gasteiger partial charge in [-0.2, -0.15) is 0 Å². The lowest BCUT2D eigenvalue weighted by Gasteiger charge is -2.38. The number of benzene rings is 1. The molecule has 1 N–H and O–H groups in total. The van der Waals surface area contributed by atoms with Crippen LogP contribution in [0.1, 0.15) is 56.3 Å². The first-order valence-electron chi connectivity index (χ1n) is 9.91. The Morgan fingerprint density at radius 2 is 1.79 bits per heavy atom. The summed E-state index contributed by atoms with van der Waals surface area (Å²) in [5.41, 5.74) is 0.0505. The fourth-order valence-electron chi connectivity index (χ4n) is 3.70. The normalized spacial score (nSPS) is 22.2. The van der Waals surface area contributed by atoms with Gasteiger partial charge in [0, 0.05) is 18.1 Å². The Bertz CT molecular complexity index is 871. The van der Waals surface area contributed by atoms with Crippen molar-refractivity contribution in [3.8, 4) is 5.75 Å². The van der Waals surface area contributed by atoms with Crippen molar-refractivity contribution in [2.75, 3.05) is 13.7 Å². The van der Waals surface area contributed by atoms with E-state index in [0.29, 0.717) is 0 Å². The minimum absolute atomic E-state index is 0.0505. The van der Waals surface area contributed by atoms with Gasteiger partial charge in [-0.25, -0.2) is 17.9 Å². The number of carbonyl (C=O) groups is 2. The van der Waals surface area contributed by atoms with E-state index in [9.17, 15) is 18.0 Å². The number of carbonyl (C=O) groups excluding carboxylic acids is 2. The smallest absolute Gasteiger partial charge is 0.338 e. The summed E-state index contributed by atoms with van der Waals surface area (Å²) in [6.07, 6.45) is 4.51. The second-order valence-electron chi connectivity index (χ2n) is 7.77. The van der Waals surface area contributed by atoms with E-state index in [1.807, 2.05) is 13.8 Å². The van der Waals surface area contributed by atoms with E-state index in [1.165, 1.54) is 25.3 Å². The molecule has 1 saturated carbocycles. The molecule has 3 rings (SSSR count). The highest BCUT2D eigenvalue weighted by atomic mass is 32.2. The predicted molar refractivity (Wildman–Crippen MR) is 106 cm³/mol. The van der Waals surface area contributed by atoms with Crippen LogP contribution in [0.5, 0.6) is 5.75 Å². The average molecular weight is 425 g/mol. The molecular formula is C20H28N2O6S. The number of nitrogens with zero attached hydrogens (tertiary/aromatic N) is 1. The van der Waals surface area contributed by atoms with Crippen LogP contribution >= 0.6 is 0 Å². The third-order valence-corrected chi connectivity index (χ3v) is 6.94. The molecule has 8 nitrogen and oxygen atoms in total. The van der Waals surface area contributed by atoms with E-state index in [-0.39, 0.29) is 46.8 Å². The van der Waals surface area contributed by atoms with Crippen molar-refractivity contribution in [2.24, 2.45) is 0 Å². The van der Waals surface area contributed by atoms with Crippen LogP contribution in [0.4, 0.5) is 0 Å². The monoisotopic (exact) mass is 424 g/mol. The van der Waals surface area contributed by atoms with Crippen LogP contribution in [0.3, 0.4) is 0 Å². The lowest BCUT2D eigenvalue weighted by Crippen LogP contribution is -2.49. The molecule has 1 aromatic rings. The zero-order valence-corrected chi connectivity index (χ0v) is 17.8. The molecule has 1 aliphatic carbocycles. The zero-order chi connectivity index (χ0) is 21.2. The molecule has 0 spiro atoms. The van der Waals surface area contributed by atoms with E-state index < -0.39 is 16.0 Å². The van der Waals surface area contributed by atoms with Crippen molar-refractivity contribution in [1.29, 1.82) is 0 Å². The first-order valence-corrected chi connectivity index (χ1v) is 11.4. The van der Waals surface area contributed by atoms with Crippen molar-refractivity contribution >= 4 is 21.9 Å². The molecule has 2 aliphatic rings. The third-order valence-electron chi connectivity index (χ3n) is 5.40. The molecule has 160 valence electrons. The van der Waals surface area contributed by atoms with E-state index in [1.54, 1.807) is 4.90 Å². The summed E-state index contributed by atoms with van der Waals surface area (Å²) in [4.78, 5) is 26.6. The van der Waals surface area contributed by atoms with Crippen molar-refractivity contribution in [1.82, 2.24) is 9.62 Å². The van der Waals surface area contributed by atoms with Crippen molar-refractivity contribution in [3.05, 3.63) is 23.8 Å². The summed E-state index contributed by atoms with van der Waals surface area (Å²) in [5.74, 6) is -0.849. The maximum Gasteiger partial charge on any atom is 0.338 e. The third kappa shape index (κ3) is 5.08. The Kier molecular flexibility index (Phi) is 6.48. The summed E-state index contributed by atoms with van der Waals surface area (Å²) in [5, 5.41) is 0. The first-order chi connectivity index (χ1) is 13.7. The average Bonchev–Trinajstić information content (AvgIpc) is 3.48. The number of esters is 1. The number of hydrogen-bond acceptors (Lipinski definition) is 6. The highest BCUT2D eigenvalue weighted by Crippen LogP contribution is 2.28. The summed E-state index contributed by atoms with van der Waals surface area (Å²) in [6.45, 7) is 3.60. The minimum atomic E-state index is -3.82. The van der Waals surface area contributed by atoms with Gasteiger partial charge in [0.15, 0.2) is 6.61 Å². The van der Waals surface area contributed by atoms with Gasteiger partial charge < -0.3 is 14.4 Å². The number of likely N-dealkylation sites (tertiary alicyclic amines) is 1. The van der Waals surface area contributed by atoms with Gasteiger partial charge in [-0.3, -0.25) is 4.79 Å². The van der Waals surface area contributed by atoms with Gasteiger partial charge in [0.05, 0.1) is 12.7 Å². The Hall–Kier alpha value is -2.13. The Morgan fingerprint density at radius 3 is 2.38 bits per heavy atom. The van der Waals surface area contributed by atoms with Crippen LogP contribution in [0.25, 0.3) is 0 Å². The number of piperidine rings is 1. The molecule has 1 aliphatic heterocycles. The van der Waals surface area contributed by atoms with E-state index in [2.05, 4.69) is 4.72 Å². The fourth-order valence-corrected chi connectivity index (χ4v) is 5.20. The van der Waals surface area contributed by atoms with Crippen LogP contribution < -0.4 is 9.46 Å². The molecule has 0 aromatic heterocycles. The second kappa shape index (κ2) is 8.71. The quantitative estimate of drug-likeness (QED) is 0.673. The standard InChI is InChI=1S/C20H28N2O6S/c1-13-5-4-6-14(2)22(13)19(23)12-28-20(24)15-7-10-17(27-3)18(11-15)29(25,26)21-16-8-9-16/h7,10-11,13-14,16,21H,4-6,8-9,12H2,1-3H3/t13-,14-/m1/s1. The number of ether oxygens (including phenoxy) is 2. The Balaban J connectivity index is 1.70. The number of amides is 1. The van der Waals surface area contributed by atoms with Crippen LogP contribution in [-0.4, -0.2) is 57.0 Å². The molecule has 1 heterocycles. The maximum atomic E-state index is 12.6. The van der Waals surface area contributed by atoms with Crippen molar-refractivity contribution in [2.45, 2.75) is 69.0 Å². The van der Waals surface area contributed by atoms with E-state index in [0.717, 1.165) is 32.1 Å². The van der Waals surface area contributed by atoms with Gasteiger partial charge in [-0.05, 0) is 64.2 Å². The minimum Gasteiger partial charge on any atom is -0.495 e. The molecule has 29 heavy (non-hydrogen) atoms. The first kappa shape index (κ1) is 21.6. The lowest BCUT2D eigenvalue weighted by atomic mass is 9.97. The van der Waals surface area contributed by atoms with Crippen molar-refractivity contribution in [3.63, 3.8) is 0 Å². The number of nitrogens with one attached hydrogen (secondary N) is 1. The number of hydrogen-bond donors (Lipinski definition) is 1. The van der Waals surface area contributed by atoms with Gasteiger partial charge in [-0.1, -0.05) is 0 Å². The summed E-state index contributed by atoms with van der Waals surface area (Å²) < 4.78 is 38.1. The molecule has 0 bridgehead atoms. The van der Waals surface area contributed by atoms with Crippen LogP contribution in [0, 0.1) is 0 Å². The molecule has 1 amide bonds. The molecule has 0 unspecified atom stereocenters. The van der Waals surface area contributed by atoms with Crippen LogP contribution in [0.15, 0.2) is 23.1 Å². The molecule has 0 radical (unpaired) electrons. The molecule has 1 saturated heterocycles. The number of rotatable bonds is 7. The van der Waals surface area contributed by atoms with Gasteiger partial charge in [0.1, 0.15) is 10.6 Å². The largest absolute Gasteiger partial charge is 0.495 e. The number of methoxy groups -OCH3 is 1. The van der Waals surface area contributed by atoms with Crippen molar-refractivity contribution < 1.29 is 27.5 Å². The van der Waals surface area contributed by atoms with Gasteiger partial charge >= 0.3 is 5.97 Å². The molecule has 2 atom stereocenters. The van der Waals surface area contributed by atoms with Gasteiger partial charge in [0.2, 0.25) is 10.0 Å². The van der Waals surface area contributed by atoms with Gasteiger partial charge in [-0.15, -0.1) is 0 Å². The lowest BCUT2D eigenvalue weighted by molar-refractivity contribution is -0.140. The van der Waals surface area contributed by atoms with Crippen LogP contribution in [0.2, 0.25) is 0 Å². The highest BCUT2D eigenvalue weighted by molar-refractivity contribution is 7.89. The second-order valence-corrected chi connectivity index (χ2v) is 9.45.